The molecule has 1 N–H and O–H groups in total. The Balaban J connectivity index is 2.68. The molecule has 1 rings (SSSR count). The van der Waals surface area contributed by atoms with Crippen LogP contribution in [0.2, 0.25) is 0 Å². The first-order chi connectivity index (χ1) is 6.95. The van der Waals surface area contributed by atoms with Crippen LogP contribution in [0.5, 0.6) is 0 Å². The van der Waals surface area contributed by atoms with Gasteiger partial charge in [-0.25, -0.2) is 13.1 Å². The van der Waals surface area contributed by atoms with Gasteiger partial charge in [0.15, 0.2) is 0 Å². The zero-order valence-electron chi connectivity index (χ0n) is 8.98. The summed E-state index contributed by atoms with van der Waals surface area (Å²) in [6.07, 6.45) is -0.124. The fraction of sp³-hybridized carbons (Fsp3) is 0.556. The first kappa shape index (κ1) is 12.6. The Labute approximate surface area is 94.3 Å². The molecule has 0 spiro atoms. The first-order valence-corrected chi connectivity index (χ1v) is 6.84. The van der Waals surface area contributed by atoms with Crippen molar-refractivity contribution in [1.82, 2.24) is 4.72 Å². The molecule has 0 aliphatic carbocycles. The molecule has 0 fully saturated rings. The van der Waals surface area contributed by atoms with Crippen LogP contribution in [-0.4, -0.2) is 28.2 Å². The maximum atomic E-state index is 11.7. The predicted octanol–water partition coefficient (Wildman–Crippen LogP) is 1.37. The predicted molar refractivity (Wildman–Crippen MR) is 60.7 cm³/mol. The van der Waals surface area contributed by atoms with Crippen molar-refractivity contribution in [2.45, 2.75) is 24.2 Å². The number of hydrogen-bond donors (Lipinski definition) is 1. The average Bonchev–Trinajstić information content (AvgIpc) is 2.62. The number of nitrogens with one attached hydrogen (secondary N) is 1. The zero-order chi connectivity index (χ0) is 11.5. The second kappa shape index (κ2) is 5.07. The summed E-state index contributed by atoms with van der Waals surface area (Å²) in [5, 5.41) is 0. The SMILES string of the molecule is COC(C)CNS(=O)(=O)c1ccc(C)s1. The summed E-state index contributed by atoms with van der Waals surface area (Å²) in [4.78, 5) is 0.982. The van der Waals surface area contributed by atoms with Gasteiger partial charge in [0.05, 0.1) is 6.10 Å². The van der Waals surface area contributed by atoms with E-state index in [0.29, 0.717) is 4.21 Å². The second-order valence-corrected chi connectivity index (χ2v) is 6.54. The zero-order valence-corrected chi connectivity index (χ0v) is 10.6. The molecule has 0 amide bonds. The smallest absolute Gasteiger partial charge is 0.250 e. The molecule has 0 saturated carbocycles. The van der Waals surface area contributed by atoms with E-state index in [0.717, 1.165) is 4.88 Å². The van der Waals surface area contributed by atoms with E-state index in [2.05, 4.69) is 4.72 Å². The van der Waals surface area contributed by atoms with Crippen LogP contribution in [-0.2, 0) is 14.8 Å². The molecule has 0 aliphatic rings. The third-order valence-corrected chi connectivity index (χ3v) is 4.86. The van der Waals surface area contributed by atoms with Crippen LogP contribution in [0, 0.1) is 6.92 Å². The van der Waals surface area contributed by atoms with Crippen molar-refractivity contribution in [3.8, 4) is 0 Å². The molecule has 1 unspecified atom stereocenters. The first-order valence-electron chi connectivity index (χ1n) is 4.54. The number of hydrogen-bond acceptors (Lipinski definition) is 4. The molecular formula is C9H15NO3S2. The Morgan fingerprint density at radius 1 is 1.53 bits per heavy atom. The lowest BCUT2D eigenvalue weighted by Crippen LogP contribution is -2.31. The van der Waals surface area contributed by atoms with Crippen LogP contribution in [0.1, 0.15) is 11.8 Å². The largest absolute Gasteiger partial charge is 0.380 e. The van der Waals surface area contributed by atoms with E-state index >= 15 is 0 Å². The molecule has 1 heterocycles. The van der Waals surface area contributed by atoms with Gasteiger partial charge in [0, 0.05) is 18.5 Å². The van der Waals surface area contributed by atoms with Crippen LogP contribution >= 0.6 is 11.3 Å². The van der Waals surface area contributed by atoms with E-state index < -0.39 is 10.0 Å². The van der Waals surface area contributed by atoms with Gasteiger partial charge in [-0.05, 0) is 26.0 Å². The minimum Gasteiger partial charge on any atom is -0.380 e. The van der Waals surface area contributed by atoms with E-state index in [1.165, 1.54) is 11.3 Å². The van der Waals surface area contributed by atoms with E-state index in [1.807, 2.05) is 13.8 Å². The van der Waals surface area contributed by atoms with Crippen LogP contribution in [0.15, 0.2) is 16.3 Å². The minimum atomic E-state index is -3.36. The monoisotopic (exact) mass is 249 g/mol. The summed E-state index contributed by atoms with van der Waals surface area (Å²) < 4.78 is 31.2. The van der Waals surface area contributed by atoms with Gasteiger partial charge in [-0.3, -0.25) is 0 Å². The summed E-state index contributed by atoms with van der Waals surface area (Å²) in [5.41, 5.74) is 0. The summed E-state index contributed by atoms with van der Waals surface area (Å²) in [7, 11) is -1.81. The number of aryl methyl sites for hydroxylation is 1. The van der Waals surface area contributed by atoms with E-state index in [4.69, 9.17) is 4.74 Å². The molecule has 0 aromatic carbocycles. The summed E-state index contributed by atoms with van der Waals surface area (Å²) in [6.45, 7) is 3.97. The molecule has 0 saturated heterocycles. The fourth-order valence-electron chi connectivity index (χ4n) is 0.938. The van der Waals surface area contributed by atoms with Gasteiger partial charge in [0.25, 0.3) is 0 Å². The van der Waals surface area contributed by atoms with Crippen LogP contribution in [0.25, 0.3) is 0 Å². The van der Waals surface area contributed by atoms with Gasteiger partial charge in [-0.1, -0.05) is 0 Å². The highest BCUT2D eigenvalue weighted by Gasteiger charge is 2.16. The number of thiophene rings is 1. The quantitative estimate of drug-likeness (QED) is 0.857. The van der Waals surface area contributed by atoms with Crippen molar-refractivity contribution in [3.63, 3.8) is 0 Å². The Hall–Kier alpha value is -0.430. The third kappa shape index (κ3) is 3.57. The highest BCUT2D eigenvalue weighted by molar-refractivity contribution is 7.91. The lowest BCUT2D eigenvalue weighted by Gasteiger charge is -2.10. The van der Waals surface area contributed by atoms with Crippen molar-refractivity contribution in [3.05, 3.63) is 17.0 Å². The number of sulfonamides is 1. The summed E-state index contributed by atoms with van der Waals surface area (Å²) in [5.74, 6) is 0. The second-order valence-electron chi connectivity index (χ2n) is 3.26. The van der Waals surface area contributed by atoms with Gasteiger partial charge < -0.3 is 4.74 Å². The molecule has 0 radical (unpaired) electrons. The highest BCUT2D eigenvalue weighted by Crippen LogP contribution is 2.20. The Morgan fingerprint density at radius 3 is 2.67 bits per heavy atom. The Kier molecular flexibility index (Phi) is 4.27. The van der Waals surface area contributed by atoms with Gasteiger partial charge >= 0.3 is 0 Å². The summed E-state index contributed by atoms with van der Waals surface area (Å²) in [6, 6.07) is 3.40. The van der Waals surface area contributed by atoms with Crippen molar-refractivity contribution >= 4 is 21.4 Å². The van der Waals surface area contributed by atoms with Crippen molar-refractivity contribution < 1.29 is 13.2 Å². The molecule has 1 aromatic heterocycles. The van der Waals surface area contributed by atoms with Crippen LogP contribution in [0.4, 0.5) is 0 Å². The number of rotatable bonds is 5. The maximum Gasteiger partial charge on any atom is 0.250 e. The van der Waals surface area contributed by atoms with E-state index in [-0.39, 0.29) is 12.6 Å². The molecule has 6 heteroatoms. The highest BCUT2D eigenvalue weighted by atomic mass is 32.2. The van der Waals surface area contributed by atoms with Crippen molar-refractivity contribution in [2.24, 2.45) is 0 Å². The lowest BCUT2D eigenvalue weighted by molar-refractivity contribution is 0.122. The Morgan fingerprint density at radius 2 is 2.20 bits per heavy atom. The standard InChI is InChI=1S/C9H15NO3S2/c1-7(13-3)6-10-15(11,12)9-5-4-8(2)14-9/h4-5,7,10H,6H2,1-3H3. The summed E-state index contributed by atoms with van der Waals surface area (Å²) >= 11 is 1.26. The third-order valence-electron chi connectivity index (χ3n) is 1.94. The topological polar surface area (TPSA) is 55.4 Å². The lowest BCUT2D eigenvalue weighted by atomic mass is 10.4. The van der Waals surface area contributed by atoms with Gasteiger partial charge in [-0.2, -0.15) is 0 Å². The van der Waals surface area contributed by atoms with Crippen molar-refractivity contribution in [2.75, 3.05) is 13.7 Å². The Bertz CT molecular complexity index is 411. The van der Waals surface area contributed by atoms with E-state index in [1.54, 1.807) is 19.2 Å². The molecule has 15 heavy (non-hydrogen) atoms. The average molecular weight is 249 g/mol. The molecule has 0 aliphatic heterocycles. The molecule has 1 atom stereocenters. The maximum absolute atomic E-state index is 11.7. The number of ether oxygens (including phenoxy) is 1. The van der Waals surface area contributed by atoms with Gasteiger partial charge in [0.2, 0.25) is 10.0 Å². The normalized spacial score (nSPS) is 14.1. The molecule has 0 bridgehead atoms. The van der Waals surface area contributed by atoms with Gasteiger partial charge in [0.1, 0.15) is 4.21 Å². The molecule has 1 aromatic rings. The van der Waals surface area contributed by atoms with Crippen LogP contribution in [0.3, 0.4) is 0 Å². The fourth-order valence-corrected chi connectivity index (χ4v) is 3.38. The van der Waals surface area contributed by atoms with Gasteiger partial charge in [-0.15, -0.1) is 11.3 Å². The van der Waals surface area contributed by atoms with Crippen LogP contribution < -0.4 is 4.72 Å². The molecule has 4 nitrogen and oxygen atoms in total. The van der Waals surface area contributed by atoms with E-state index in [9.17, 15) is 8.42 Å². The number of methoxy groups -OCH3 is 1. The molecular weight excluding hydrogens is 234 g/mol. The minimum absolute atomic E-state index is 0.124. The van der Waals surface area contributed by atoms with Crippen molar-refractivity contribution in [1.29, 1.82) is 0 Å². The molecule has 86 valence electrons.